The first kappa shape index (κ1) is 14.6. The summed E-state index contributed by atoms with van der Waals surface area (Å²) in [7, 11) is 5.30. The Morgan fingerprint density at radius 1 is 1.24 bits per heavy atom. The van der Waals surface area contributed by atoms with Crippen molar-refractivity contribution in [2.75, 3.05) is 14.2 Å². The molecule has 17 heavy (non-hydrogen) atoms. The summed E-state index contributed by atoms with van der Waals surface area (Å²) in [4.78, 5) is 12.1. The van der Waals surface area contributed by atoms with Crippen molar-refractivity contribution in [3.8, 4) is 11.5 Å². The Balaban J connectivity index is 3.57. The average Bonchev–Trinajstić information content (AvgIpc) is 2.27. The number of carbonyl (C=O) groups excluding carboxylic acids is 1. The molecule has 0 heterocycles. The summed E-state index contributed by atoms with van der Waals surface area (Å²) in [5, 5.41) is 0.569. The molecule has 0 aromatic heterocycles. The number of hydrogen-bond donors (Lipinski definition) is 0. The maximum atomic E-state index is 12.1. The van der Waals surface area contributed by atoms with Gasteiger partial charge in [0.25, 0.3) is 0 Å². The Kier molecular flexibility index (Phi) is 5.05. The van der Waals surface area contributed by atoms with Gasteiger partial charge in [0.1, 0.15) is 5.56 Å². The molecule has 6 heteroatoms. The summed E-state index contributed by atoms with van der Waals surface area (Å²) < 4.78 is 10.3. The van der Waals surface area contributed by atoms with Gasteiger partial charge in [-0.05, 0) is 6.07 Å². The topological polar surface area (TPSA) is 35.5 Å². The molecule has 0 radical (unpaired) electrons. The van der Waals surface area contributed by atoms with Crippen LogP contribution < -0.4 is 9.47 Å². The van der Waals surface area contributed by atoms with Gasteiger partial charge < -0.3 is 9.47 Å². The van der Waals surface area contributed by atoms with E-state index < -0.39 is 0 Å². The van der Waals surface area contributed by atoms with E-state index in [9.17, 15) is 4.79 Å². The molecule has 0 N–H and O–H groups in total. The third kappa shape index (κ3) is 2.85. The molecule has 0 bridgehead atoms. The quantitative estimate of drug-likeness (QED) is 0.630. The van der Waals surface area contributed by atoms with Gasteiger partial charge in [0.2, 0.25) is 0 Å². The lowest BCUT2D eigenvalue weighted by Crippen LogP contribution is -2.13. The SMILES string of the molecule is COc1c(Cl)cc(Cl)c(OC)c1C(=O)C(C)P. The Bertz CT molecular complexity index is 419. The maximum Gasteiger partial charge on any atom is 0.176 e. The third-order valence-electron chi connectivity index (χ3n) is 2.21. The fourth-order valence-electron chi connectivity index (χ4n) is 1.43. The standard InChI is InChI=1S/C11H13Cl2O3P/c1-5(17)9(14)8-10(15-2)6(12)4-7(13)11(8)16-3/h4-5H,17H2,1-3H3. The summed E-state index contributed by atoms with van der Waals surface area (Å²) in [5.74, 6) is 0.410. The zero-order valence-electron chi connectivity index (χ0n) is 9.71. The summed E-state index contributed by atoms with van der Waals surface area (Å²) in [6, 6.07) is 1.49. The number of methoxy groups -OCH3 is 2. The molecule has 0 aliphatic carbocycles. The highest BCUT2D eigenvalue weighted by atomic mass is 35.5. The number of hydrogen-bond acceptors (Lipinski definition) is 3. The lowest BCUT2D eigenvalue weighted by molar-refractivity contribution is 0.0987. The zero-order chi connectivity index (χ0) is 13.2. The Morgan fingerprint density at radius 3 is 1.94 bits per heavy atom. The lowest BCUT2D eigenvalue weighted by Gasteiger charge is -2.16. The third-order valence-corrected chi connectivity index (χ3v) is 3.07. The van der Waals surface area contributed by atoms with Crippen LogP contribution >= 0.6 is 32.4 Å². The number of halogens is 2. The summed E-state index contributed by atoms with van der Waals surface area (Å²) in [6.45, 7) is 1.75. The molecule has 0 saturated heterocycles. The van der Waals surface area contributed by atoms with Crippen molar-refractivity contribution in [1.82, 2.24) is 0 Å². The van der Waals surface area contributed by atoms with Crippen LogP contribution in [0.5, 0.6) is 11.5 Å². The van der Waals surface area contributed by atoms with Crippen LogP contribution in [0.4, 0.5) is 0 Å². The molecule has 0 spiro atoms. The second-order valence-electron chi connectivity index (χ2n) is 3.43. The Hall–Kier alpha value is -0.500. The minimum atomic E-state index is -0.285. The molecular weight excluding hydrogens is 282 g/mol. The number of benzene rings is 1. The fourth-order valence-corrected chi connectivity index (χ4v) is 2.22. The van der Waals surface area contributed by atoms with Gasteiger partial charge >= 0.3 is 0 Å². The molecule has 1 aromatic carbocycles. The number of ketones is 1. The van der Waals surface area contributed by atoms with Crippen molar-refractivity contribution < 1.29 is 14.3 Å². The van der Waals surface area contributed by atoms with E-state index in [-0.39, 0.29) is 38.5 Å². The van der Waals surface area contributed by atoms with Crippen molar-refractivity contribution in [1.29, 1.82) is 0 Å². The molecule has 2 unspecified atom stereocenters. The predicted molar refractivity (Wildman–Crippen MR) is 73.1 cm³/mol. The highest BCUT2D eigenvalue weighted by molar-refractivity contribution is 7.19. The highest BCUT2D eigenvalue weighted by Crippen LogP contribution is 2.42. The largest absolute Gasteiger partial charge is 0.494 e. The first-order valence-electron chi connectivity index (χ1n) is 4.83. The fraction of sp³-hybridized carbons (Fsp3) is 0.364. The monoisotopic (exact) mass is 294 g/mol. The van der Waals surface area contributed by atoms with E-state index >= 15 is 0 Å². The molecule has 0 aliphatic rings. The molecule has 94 valence electrons. The van der Waals surface area contributed by atoms with Crippen LogP contribution in [0.1, 0.15) is 17.3 Å². The normalized spacial score (nSPS) is 12.1. The number of rotatable bonds is 4. The van der Waals surface area contributed by atoms with E-state index in [1.807, 2.05) is 0 Å². The second-order valence-corrected chi connectivity index (χ2v) is 5.25. The Labute approximate surface area is 113 Å². The molecule has 2 atom stereocenters. The molecule has 1 aromatic rings. The van der Waals surface area contributed by atoms with Crippen molar-refractivity contribution in [3.05, 3.63) is 21.7 Å². The van der Waals surface area contributed by atoms with Crippen LogP contribution in [0.15, 0.2) is 6.07 Å². The molecule has 0 fully saturated rings. The van der Waals surface area contributed by atoms with Gasteiger partial charge in [-0.1, -0.05) is 30.1 Å². The first-order chi connectivity index (χ1) is 7.93. The van der Waals surface area contributed by atoms with Crippen molar-refractivity contribution in [2.45, 2.75) is 12.6 Å². The van der Waals surface area contributed by atoms with Gasteiger partial charge in [-0.2, -0.15) is 0 Å². The molecular formula is C11H13Cl2O3P. The maximum absolute atomic E-state index is 12.1. The van der Waals surface area contributed by atoms with Crippen molar-refractivity contribution >= 4 is 38.2 Å². The second kappa shape index (κ2) is 5.90. The van der Waals surface area contributed by atoms with E-state index in [1.54, 1.807) is 6.92 Å². The molecule has 1 rings (SSSR count). The van der Waals surface area contributed by atoms with E-state index in [0.717, 1.165) is 0 Å². The lowest BCUT2D eigenvalue weighted by atomic mass is 10.1. The van der Waals surface area contributed by atoms with E-state index in [0.29, 0.717) is 0 Å². The van der Waals surface area contributed by atoms with Gasteiger partial charge in [-0.3, -0.25) is 4.79 Å². The van der Waals surface area contributed by atoms with Crippen LogP contribution in [0.2, 0.25) is 10.0 Å². The first-order valence-corrected chi connectivity index (χ1v) is 6.26. The van der Waals surface area contributed by atoms with Gasteiger partial charge in [-0.15, -0.1) is 9.24 Å². The summed E-state index contributed by atoms with van der Waals surface area (Å²) in [6.07, 6.45) is 0. The van der Waals surface area contributed by atoms with Crippen LogP contribution in [-0.2, 0) is 0 Å². The number of ether oxygens (including phenoxy) is 2. The zero-order valence-corrected chi connectivity index (χ0v) is 12.4. The van der Waals surface area contributed by atoms with E-state index in [4.69, 9.17) is 32.7 Å². The summed E-state index contributed by atoms with van der Waals surface area (Å²) >= 11 is 12.0. The number of Topliss-reactive ketones (excluding diaryl/α,β-unsaturated/α-hetero) is 1. The van der Waals surface area contributed by atoms with Crippen molar-refractivity contribution in [2.24, 2.45) is 0 Å². The molecule has 0 aliphatic heterocycles. The average molecular weight is 295 g/mol. The van der Waals surface area contributed by atoms with Gasteiger partial charge in [0, 0.05) is 5.66 Å². The van der Waals surface area contributed by atoms with Crippen LogP contribution in [-0.4, -0.2) is 25.7 Å². The van der Waals surface area contributed by atoms with Gasteiger partial charge in [-0.25, -0.2) is 0 Å². The Morgan fingerprint density at radius 2 is 1.65 bits per heavy atom. The minimum absolute atomic E-state index is 0.159. The molecule has 0 amide bonds. The van der Waals surface area contributed by atoms with E-state index in [1.165, 1.54) is 20.3 Å². The van der Waals surface area contributed by atoms with Crippen LogP contribution in [0.3, 0.4) is 0 Å². The minimum Gasteiger partial charge on any atom is -0.494 e. The molecule has 0 saturated carbocycles. The van der Waals surface area contributed by atoms with Crippen molar-refractivity contribution in [3.63, 3.8) is 0 Å². The predicted octanol–water partition coefficient (Wildman–Crippen LogP) is 3.46. The van der Waals surface area contributed by atoms with Crippen LogP contribution in [0, 0.1) is 0 Å². The van der Waals surface area contributed by atoms with Crippen LogP contribution in [0.25, 0.3) is 0 Å². The molecule has 3 nitrogen and oxygen atoms in total. The van der Waals surface area contributed by atoms with E-state index in [2.05, 4.69) is 9.24 Å². The van der Waals surface area contributed by atoms with Gasteiger partial charge in [0.05, 0.1) is 24.3 Å². The van der Waals surface area contributed by atoms with Gasteiger partial charge in [0.15, 0.2) is 17.3 Å². The smallest absolute Gasteiger partial charge is 0.176 e. The summed E-state index contributed by atoms with van der Waals surface area (Å²) in [5.41, 5.74) is -0.0117. The number of carbonyl (C=O) groups is 1. The highest BCUT2D eigenvalue weighted by Gasteiger charge is 2.25.